The summed E-state index contributed by atoms with van der Waals surface area (Å²) in [5, 5.41) is 4.84. The molecule has 3 aromatic heterocycles. The predicted molar refractivity (Wildman–Crippen MR) is 89.9 cm³/mol. The lowest BCUT2D eigenvalue weighted by Gasteiger charge is -2.04. The Hall–Kier alpha value is -1.54. The summed E-state index contributed by atoms with van der Waals surface area (Å²) in [5.41, 5.74) is 3.51. The normalized spacial score (nSPS) is 10.8. The lowest BCUT2D eigenvalue weighted by molar-refractivity contribution is 0.662. The lowest BCUT2D eigenvalue weighted by Crippen LogP contribution is -1.93. The lowest BCUT2D eigenvalue weighted by atomic mass is 10.1. The highest BCUT2D eigenvalue weighted by Gasteiger charge is 2.17. The number of halogens is 2. The van der Waals surface area contributed by atoms with Crippen LogP contribution in [0.2, 0.25) is 5.28 Å². The highest BCUT2D eigenvalue weighted by molar-refractivity contribution is 14.1. The molecule has 0 unspecified atom stereocenters. The van der Waals surface area contributed by atoms with E-state index in [1.165, 1.54) is 0 Å². The summed E-state index contributed by atoms with van der Waals surface area (Å²) in [5.74, 6) is 0. The van der Waals surface area contributed by atoms with Gasteiger partial charge in [0.15, 0.2) is 0 Å². The molecule has 0 N–H and O–H groups in total. The van der Waals surface area contributed by atoms with Gasteiger partial charge in [-0.2, -0.15) is 5.10 Å². The van der Waals surface area contributed by atoms with Gasteiger partial charge in [-0.25, -0.2) is 9.97 Å². The number of hydrogen-bond donors (Lipinski definition) is 0. The number of nitrogens with zero attached hydrogens (tertiary/aromatic N) is 5. The highest BCUT2D eigenvalue weighted by Crippen LogP contribution is 2.32. The van der Waals surface area contributed by atoms with E-state index >= 15 is 0 Å². The second-order valence-corrected chi connectivity index (χ2v) is 5.82. The van der Waals surface area contributed by atoms with Crippen LogP contribution in [0.25, 0.3) is 22.5 Å². The SMILES string of the molecule is CCn1cc(-c2nc(Cl)ncc2I)c(-c2cccnc2)n1. The van der Waals surface area contributed by atoms with Crippen molar-refractivity contribution in [3.63, 3.8) is 0 Å². The monoisotopic (exact) mass is 411 g/mol. The molecule has 106 valence electrons. The molecule has 0 aliphatic heterocycles. The molecule has 0 atom stereocenters. The number of rotatable bonds is 3. The van der Waals surface area contributed by atoms with Gasteiger partial charge >= 0.3 is 0 Å². The maximum Gasteiger partial charge on any atom is 0.222 e. The van der Waals surface area contributed by atoms with Crippen LogP contribution < -0.4 is 0 Å². The van der Waals surface area contributed by atoms with Gasteiger partial charge in [-0.05, 0) is 53.2 Å². The minimum absolute atomic E-state index is 0.229. The van der Waals surface area contributed by atoms with E-state index in [0.717, 1.165) is 32.6 Å². The summed E-state index contributed by atoms with van der Waals surface area (Å²) in [4.78, 5) is 12.5. The van der Waals surface area contributed by atoms with Gasteiger partial charge in [-0.15, -0.1) is 0 Å². The van der Waals surface area contributed by atoms with Crippen molar-refractivity contribution >= 4 is 34.2 Å². The molecule has 3 aromatic rings. The van der Waals surface area contributed by atoms with Crippen molar-refractivity contribution in [3.05, 3.63) is 45.8 Å². The zero-order valence-corrected chi connectivity index (χ0v) is 14.1. The Labute approximate surface area is 140 Å². The van der Waals surface area contributed by atoms with Crippen LogP contribution >= 0.6 is 34.2 Å². The largest absolute Gasteiger partial charge is 0.272 e. The Morgan fingerprint density at radius 3 is 2.86 bits per heavy atom. The van der Waals surface area contributed by atoms with Crippen molar-refractivity contribution < 1.29 is 0 Å². The molecule has 5 nitrogen and oxygen atoms in total. The first-order chi connectivity index (χ1) is 10.2. The Morgan fingerprint density at radius 1 is 1.29 bits per heavy atom. The molecule has 3 heterocycles. The average Bonchev–Trinajstić information content (AvgIpc) is 2.95. The summed E-state index contributed by atoms with van der Waals surface area (Å²) < 4.78 is 2.81. The molecular weight excluding hydrogens is 401 g/mol. The van der Waals surface area contributed by atoms with E-state index in [0.29, 0.717) is 0 Å². The zero-order valence-electron chi connectivity index (χ0n) is 11.2. The third kappa shape index (κ3) is 2.91. The Morgan fingerprint density at radius 2 is 2.14 bits per heavy atom. The van der Waals surface area contributed by atoms with Gasteiger partial charge < -0.3 is 0 Å². The van der Waals surface area contributed by atoms with Crippen LogP contribution in [0.4, 0.5) is 0 Å². The number of hydrogen-bond acceptors (Lipinski definition) is 4. The molecule has 0 saturated heterocycles. The fourth-order valence-corrected chi connectivity index (χ4v) is 2.69. The van der Waals surface area contributed by atoms with E-state index in [1.54, 1.807) is 18.6 Å². The van der Waals surface area contributed by atoms with Crippen molar-refractivity contribution in [2.45, 2.75) is 13.5 Å². The van der Waals surface area contributed by atoms with Crippen LogP contribution in [0, 0.1) is 3.57 Å². The van der Waals surface area contributed by atoms with Crippen LogP contribution in [-0.2, 0) is 6.54 Å². The smallest absolute Gasteiger partial charge is 0.222 e. The number of aryl methyl sites for hydroxylation is 1. The topological polar surface area (TPSA) is 56.5 Å². The van der Waals surface area contributed by atoms with Gasteiger partial charge in [0.2, 0.25) is 5.28 Å². The van der Waals surface area contributed by atoms with Gasteiger partial charge in [-0.1, -0.05) is 0 Å². The predicted octanol–water partition coefficient (Wildman–Crippen LogP) is 3.68. The average molecular weight is 412 g/mol. The Bertz CT molecular complexity index is 772. The fraction of sp³-hybridized carbons (Fsp3) is 0.143. The first kappa shape index (κ1) is 14.4. The molecule has 0 amide bonds. The van der Waals surface area contributed by atoms with E-state index < -0.39 is 0 Å². The molecule has 0 bridgehead atoms. The second-order valence-electron chi connectivity index (χ2n) is 4.32. The highest BCUT2D eigenvalue weighted by atomic mass is 127. The molecule has 0 saturated carbocycles. The summed E-state index contributed by atoms with van der Waals surface area (Å²) in [6, 6.07) is 3.87. The van der Waals surface area contributed by atoms with Gasteiger partial charge in [0, 0.05) is 42.5 Å². The maximum atomic E-state index is 5.94. The minimum atomic E-state index is 0.229. The van der Waals surface area contributed by atoms with Crippen LogP contribution in [-0.4, -0.2) is 24.7 Å². The molecule has 7 heteroatoms. The van der Waals surface area contributed by atoms with Gasteiger partial charge in [0.1, 0.15) is 5.69 Å². The quantitative estimate of drug-likeness (QED) is 0.487. The summed E-state index contributed by atoms with van der Waals surface area (Å²) in [6.07, 6.45) is 7.22. The Kier molecular flexibility index (Phi) is 4.16. The second kappa shape index (κ2) is 6.07. The minimum Gasteiger partial charge on any atom is -0.272 e. The molecule has 21 heavy (non-hydrogen) atoms. The summed E-state index contributed by atoms with van der Waals surface area (Å²) >= 11 is 8.14. The first-order valence-electron chi connectivity index (χ1n) is 6.35. The van der Waals surface area contributed by atoms with E-state index in [4.69, 9.17) is 11.6 Å². The van der Waals surface area contributed by atoms with Crippen LogP contribution in [0.1, 0.15) is 6.92 Å². The van der Waals surface area contributed by atoms with Crippen molar-refractivity contribution in [1.29, 1.82) is 0 Å². The van der Waals surface area contributed by atoms with Crippen molar-refractivity contribution in [2.75, 3.05) is 0 Å². The molecule has 0 radical (unpaired) electrons. The molecule has 3 rings (SSSR count). The number of pyridine rings is 1. The van der Waals surface area contributed by atoms with Crippen LogP contribution in [0.5, 0.6) is 0 Å². The van der Waals surface area contributed by atoms with Crippen LogP contribution in [0.3, 0.4) is 0 Å². The zero-order chi connectivity index (χ0) is 14.8. The maximum absolute atomic E-state index is 5.94. The molecule has 0 spiro atoms. The molecule has 0 aromatic carbocycles. The molecule has 0 fully saturated rings. The van der Waals surface area contributed by atoms with E-state index in [9.17, 15) is 0 Å². The number of aromatic nitrogens is 5. The fourth-order valence-electron chi connectivity index (χ4n) is 2.01. The van der Waals surface area contributed by atoms with Gasteiger partial charge in [0.05, 0.1) is 9.26 Å². The summed E-state index contributed by atoms with van der Waals surface area (Å²) in [7, 11) is 0. The third-order valence-corrected chi connectivity index (χ3v) is 3.96. The summed E-state index contributed by atoms with van der Waals surface area (Å²) in [6.45, 7) is 2.82. The van der Waals surface area contributed by atoms with Gasteiger partial charge in [0.25, 0.3) is 0 Å². The first-order valence-corrected chi connectivity index (χ1v) is 7.81. The third-order valence-electron chi connectivity index (χ3n) is 2.99. The Balaban J connectivity index is 2.22. The standard InChI is InChI=1S/C14H11ClIN5/c1-2-21-8-10(13-11(16)7-18-14(15)19-13)12(20-21)9-4-3-5-17-6-9/h3-8H,2H2,1H3. The van der Waals surface area contributed by atoms with Crippen molar-refractivity contribution in [3.8, 4) is 22.5 Å². The van der Waals surface area contributed by atoms with E-state index in [-0.39, 0.29) is 5.28 Å². The van der Waals surface area contributed by atoms with Crippen LogP contribution in [0.15, 0.2) is 36.9 Å². The van der Waals surface area contributed by atoms with E-state index in [1.807, 2.05) is 29.9 Å². The van der Waals surface area contributed by atoms with Crippen molar-refractivity contribution in [1.82, 2.24) is 24.7 Å². The van der Waals surface area contributed by atoms with Crippen molar-refractivity contribution in [2.24, 2.45) is 0 Å². The molecule has 0 aliphatic rings. The molecule has 0 aliphatic carbocycles. The van der Waals surface area contributed by atoms with Gasteiger partial charge in [-0.3, -0.25) is 9.67 Å². The van der Waals surface area contributed by atoms with E-state index in [2.05, 4.69) is 42.6 Å². The molecular formula is C14H11ClIN5.